The lowest BCUT2D eigenvalue weighted by Gasteiger charge is -2.44. The SMILES string of the molecule is Cc1cc(F)ccc1[C@H]1CN(C(=O)C2CCNCC2)CCN1C(=O)N(C)Cc1cc(C(F)(F)F)cc(C(F)(F)F)c1. The average Bonchev–Trinajstić information content (AvgIpc) is 2.91. The minimum absolute atomic E-state index is 0.0390. The molecular formula is C28H31F7N4O2. The normalized spacial score (nSPS) is 18.9. The average molecular weight is 589 g/mol. The predicted molar refractivity (Wildman–Crippen MR) is 136 cm³/mol. The van der Waals surface area contributed by atoms with Crippen LogP contribution in [0.2, 0.25) is 0 Å². The lowest BCUT2D eigenvalue weighted by Crippen LogP contribution is -2.56. The van der Waals surface area contributed by atoms with Gasteiger partial charge in [0.15, 0.2) is 0 Å². The van der Waals surface area contributed by atoms with Gasteiger partial charge in [0.05, 0.1) is 17.2 Å². The van der Waals surface area contributed by atoms with E-state index < -0.39 is 47.9 Å². The van der Waals surface area contributed by atoms with E-state index >= 15 is 0 Å². The van der Waals surface area contributed by atoms with Crippen LogP contribution in [0.5, 0.6) is 0 Å². The first-order valence-electron chi connectivity index (χ1n) is 13.2. The molecule has 13 heteroatoms. The first-order valence-corrected chi connectivity index (χ1v) is 13.2. The van der Waals surface area contributed by atoms with Crippen LogP contribution >= 0.6 is 0 Å². The zero-order chi connectivity index (χ0) is 30.1. The van der Waals surface area contributed by atoms with Gasteiger partial charge in [-0.3, -0.25) is 4.79 Å². The van der Waals surface area contributed by atoms with E-state index in [1.54, 1.807) is 11.8 Å². The van der Waals surface area contributed by atoms with Gasteiger partial charge in [-0.05, 0) is 79.9 Å². The van der Waals surface area contributed by atoms with Crippen LogP contribution in [0.1, 0.15) is 46.7 Å². The third kappa shape index (κ3) is 7.11. The van der Waals surface area contributed by atoms with Crippen molar-refractivity contribution in [1.29, 1.82) is 0 Å². The molecular weight excluding hydrogens is 557 g/mol. The zero-order valence-corrected chi connectivity index (χ0v) is 22.6. The quantitative estimate of drug-likeness (QED) is 0.473. The molecule has 2 aliphatic heterocycles. The fourth-order valence-electron chi connectivity index (χ4n) is 5.49. The summed E-state index contributed by atoms with van der Waals surface area (Å²) in [5.74, 6) is -0.690. The molecule has 0 radical (unpaired) electrons. The number of hydrogen-bond donors (Lipinski definition) is 1. The number of benzene rings is 2. The van der Waals surface area contributed by atoms with Crippen LogP contribution in [0.3, 0.4) is 0 Å². The summed E-state index contributed by atoms with van der Waals surface area (Å²) in [6.45, 7) is 2.99. The summed E-state index contributed by atoms with van der Waals surface area (Å²) in [5.41, 5.74) is -2.13. The lowest BCUT2D eigenvalue weighted by atomic mass is 9.94. The molecule has 2 saturated heterocycles. The summed E-state index contributed by atoms with van der Waals surface area (Å²) >= 11 is 0. The van der Waals surface area contributed by atoms with Gasteiger partial charge in [0, 0.05) is 39.1 Å². The molecule has 1 atom stereocenters. The van der Waals surface area contributed by atoms with Gasteiger partial charge in [-0.15, -0.1) is 0 Å². The second-order valence-corrected chi connectivity index (χ2v) is 10.6. The predicted octanol–water partition coefficient (Wildman–Crippen LogP) is 5.61. The number of amides is 3. The Hall–Kier alpha value is -3.35. The molecule has 2 aromatic carbocycles. The maximum atomic E-state index is 13.9. The molecule has 2 aliphatic rings. The molecule has 0 bridgehead atoms. The molecule has 0 aliphatic carbocycles. The number of nitrogens with zero attached hydrogens (tertiary/aromatic N) is 3. The van der Waals surface area contributed by atoms with Crippen molar-refractivity contribution in [1.82, 2.24) is 20.0 Å². The standard InChI is InChI=1S/C28H31F7N4O2/c1-17-11-22(29)3-4-23(17)24-16-38(25(40)19-5-7-36-8-6-19)9-10-39(24)26(41)37(2)15-18-12-20(27(30,31)32)14-21(13-18)28(33,34)35/h3-4,11-14,19,24,36H,5-10,15-16H2,1-2H3/t24-/m1/s1. The number of rotatable bonds is 4. The maximum absolute atomic E-state index is 13.9. The number of urea groups is 1. The molecule has 6 nitrogen and oxygen atoms in total. The number of carbonyl (C=O) groups is 2. The fraction of sp³-hybridized carbons (Fsp3) is 0.500. The van der Waals surface area contributed by atoms with Gasteiger partial charge < -0.3 is 20.0 Å². The van der Waals surface area contributed by atoms with Crippen LogP contribution in [0.25, 0.3) is 0 Å². The molecule has 4 rings (SSSR count). The van der Waals surface area contributed by atoms with Crippen LogP contribution in [0.15, 0.2) is 36.4 Å². The van der Waals surface area contributed by atoms with E-state index in [-0.39, 0.29) is 43.1 Å². The third-order valence-electron chi connectivity index (χ3n) is 7.61. The number of halogens is 7. The first-order chi connectivity index (χ1) is 19.1. The number of piperazine rings is 1. The summed E-state index contributed by atoms with van der Waals surface area (Å²) in [6.07, 6.45) is -8.67. The second kappa shape index (κ2) is 11.9. The number of nitrogens with one attached hydrogen (secondary N) is 1. The van der Waals surface area contributed by atoms with E-state index in [1.807, 2.05) is 0 Å². The third-order valence-corrected chi connectivity index (χ3v) is 7.61. The van der Waals surface area contributed by atoms with Crippen molar-refractivity contribution in [3.05, 3.63) is 70.0 Å². The summed E-state index contributed by atoms with van der Waals surface area (Å²) < 4.78 is 94.0. The van der Waals surface area contributed by atoms with Crippen molar-refractivity contribution in [2.75, 3.05) is 39.8 Å². The molecule has 41 heavy (non-hydrogen) atoms. The van der Waals surface area contributed by atoms with Crippen LogP contribution in [-0.4, -0.2) is 66.4 Å². The molecule has 0 unspecified atom stereocenters. The smallest absolute Gasteiger partial charge is 0.338 e. The van der Waals surface area contributed by atoms with Gasteiger partial charge in [0.2, 0.25) is 5.91 Å². The zero-order valence-electron chi connectivity index (χ0n) is 22.6. The maximum Gasteiger partial charge on any atom is 0.416 e. The molecule has 0 aromatic heterocycles. The Kier molecular flexibility index (Phi) is 8.86. The Labute approximate surface area is 233 Å². The van der Waals surface area contributed by atoms with E-state index in [1.165, 1.54) is 30.1 Å². The fourth-order valence-corrected chi connectivity index (χ4v) is 5.49. The summed E-state index contributed by atoms with van der Waals surface area (Å²) in [5, 5.41) is 3.21. The van der Waals surface area contributed by atoms with Crippen LogP contribution in [0, 0.1) is 18.7 Å². The Bertz CT molecular complexity index is 1240. The summed E-state index contributed by atoms with van der Waals surface area (Å²) in [4.78, 5) is 31.1. The molecule has 224 valence electrons. The highest BCUT2D eigenvalue weighted by molar-refractivity contribution is 5.80. The Morgan fingerprint density at radius 3 is 2.12 bits per heavy atom. The monoisotopic (exact) mass is 588 g/mol. The molecule has 1 N–H and O–H groups in total. The van der Waals surface area contributed by atoms with Gasteiger partial charge in [-0.2, -0.15) is 26.3 Å². The summed E-state index contributed by atoms with van der Waals surface area (Å²) in [6, 6.07) is 3.95. The lowest BCUT2D eigenvalue weighted by molar-refractivity contribution is -0.143. The first kappa shape index (κ1) is 30.6. The highest BCUT2D eigenvalue weighted by Gasteiger charge is 2.39. The van der Waals surface area contributed by atoms with E-state index in [4.69, 9.17) is 0 Å². The minimum atomic E-state index is -5.01. The largest absolute Gasteiger partial charge is 0.416 e. The number of carbonyl (C=O) groups excluding carboxylic acids is 2. The van der Waals surface area contributed by atoms with Crippen molar-refractivity contribution in [3.8, 4) is 0 Å². The van der Waals surface area contributed by atoms with Gasteiger partial charge in [-0.1, -0.05) is 6.07 Å². The summed E-state index contributed by atoms with van der Waals surface area (Å²) in [7, 11) is 1.29. The highest BCUT2D eigenvalue weighted by atomic mass is 19.4. The number of hydrogen-bond acceptors (Lipinski definition) is 3. The van der Waals surface area contributed by atoms with Crippen LogP contribution < -0.4 is 5.32 Å². The molecule has 0 saturated carbocycles. The van der Waals surface area contributed by atoms with Crippen LogP contribution in [0.4, 0.5) is 35.5 Å². The Morgan fingerprint density at radius 2 is 1.56 bits per heavy atom. The van der Waals surface area contributed by atoms with Crippen molar-refractivity contribution in [3.63, 3.8) is 0 Å². The molecule has 0 spiro atoms. The number of alkyl halides is 6. The molecule has 2 heterocycles. The van der Waals surface area contributed by atoms with E-state index in [0.717, 1.165) is 4.90 Å². The Balaban J connectivity index is 1.60. The van der Waals surface area contributed by atoms with Crippen molar-refractivity contribution >= 4 is 11.9 Å². The van der Waals surface area contributed by atoms with Gasteiger partial charge >= 0.3 is 18.4 Å². The number of aryl methyl sites for hydroxylation is 1. The van der Waals surface area contributed by atoms with Crippen molar-refractivity contribution in [2.45, 2.75) is 44.7 Å². The van der Waals surface area contributed by atoms with Crippen molar-refractivity contribution in [2.24, 2.45) is 5.92 Å². The molecule has 2 fully saturated rings. The van der Waals surface area contributed by atoms with E-state index in [0.29, 0.717) is 49.2 Å². The van der Waals surface area contributed by atoms with Gasteiger partial charge in [0.1, 0.15) is 5.82 Å². The van der Waals surface area contributed by atoms with Gasteiger partial charge in [-0.25, -0.2) is 9.18 Å². The van der Waals surface area contributed by atoms with Crippen LogP contribution in [-0.2, 0) is 23.7 Å². The number of piperidine rings is 1. The van der Waals surface area contributed by atoms with E-state index in [2.05, 4.69) is 5.32 Å². The topological polar surface area (TPSA) is 55.9 Å². The Morgan fingerprint density at radius 1 is 0.951 bits per heavy atom. The van der Waals surface area contributed by atoms with Crippen molar-refractivity contribution < 1.29 is 40.3 Å². The highest BCUT2D eigenvalue weighted by Crippen LogP contribution is 2.37. The minimum Gasteiger partial charge on any atom is -0.338 e. The molecule has 3 amide bonds. The van der Waals surface area contributed by atoms with Gasteiger partial charge in [0.25, 0.3) is 0 Å². The second-order valence-electron chi connectivity index (χ2n) is 10.6. The molecule has 2 aromatic rings. The van der Waals surface area contributed by atoms with E-state index in [9.17, 15) is 40.3 Å².